The molecule has 2 fully saturated rings. The summed E-state index contributed by atoms with van der Waals surface area (Å²) in [5.74, 6) is -3.61. The van der Waals surface area contributed by atoms with E-state index in [1.807, 2.05) is 27.7 Å². The Morgan fingerprint density at radius 3 is 2.12 bits per heavy atom. The smallest absolute Gasteiger partial charge is 0.444 e. The van der Waals surface area contributed by atoms with Gasteiger partial charge in [-0.3, -0.25) is 0 Å². The molecule has 1 atom stereocenters. The van der Waals surface area contributed by atoms with Gasteiger partial charge in [0.15, 0.2) is 0 Å². The van der Waals surface area contributed by atoms with E-state index in [1.165, 1.54) is 0 Å². The van der Waals surface area contributed by atoms with Gasteiger partial charge in [-0.05, 0) is 48.5 Å². The van der Waals surface area contributed by atoms with E-state index in [1.54, 1.807) is 20.8 Å². The van der Waals surface area contributed by atoms with Crippen LogP contribution in [0, 0.1) is 0 Å². The molecule has 2 aliphatic heterocycles. The Bertz CT molecular complexity index is 489. The van der Waals surface area contributed by atoms with Crippen molar-refractivity contribution in [2.24, 2.45) is 0 Å². The van der Waals surface area contributed by atoms with Crippen LogP contribution in [0.4, 0.5) is 13.6 Å². The van der Waals surface area contributed by atoms with Gasteiger partial charge in [0.1, 0.15) is 5.60 Å². The first-order chi connectivity index (χ1) is 10.6. The highest BCUT2D eigenvalue weighted by molar-refractivity contribution is 6.47. The van der Waals surface area contributed by atoms with Crippen molar-refractivity contribution < 1.29 is 27.6 Å². The van der Waals surface area contributed by atoms with Crippen LogP contribution in [0.15, 0.2) is 0 Å². The van der Waals surface area contributed by atoms with Gasteiger partial charge in [0.05, 0.1) is 17.7 Å². The highest BCUT2D eigenvalue weighted by Gasteiger charge is 2.57. The monoisotopic (exact) mass is 347 g/mol. The van der Waals surface area contributed by atoms with E-state index in [0.29, 0.717) is 0 Å². The molecule has 0 saturated carbocycles. The molecule has 5 nitrogen and oxygen atoms in total. The van der Waals surface area contributed by atoms with Crippen LogP contribution in [0.3, 0.4) is 0 Å². The van der Waals surface area contributed by atoms with E-state index < -0.39 is 48.3 Å². The number of piperidine rings is 1. The molecule has 138 valence electrons. The zero-order valence-corrected chi connectivity index (χ0v) is 15.6. The molecule has 8 heteroatoms. The summed E-state index contributed by atoms with van der Waals surface area (Å²) in [5, 5.41) is 0. The second kappa shape index (κ2) is 5.83. The van der Waals surface area contributed by atoms with Crippen molar-refractivity contribution in [3.05, 3.63) is 0 Å². The molecule has 2 saturated heterocycles. The minimum Gasteiger partial charge on any atom is -0.444 e. The SMILES string of the molecule is CC(C)(C)OC(=O)N1CC(B2OC(C)(C)C(C)(C)O2)CC(F)(F)C1. The molecular formula is C16H28BF2NO4. The lowest BCUT2D eigenvalue weighted by molar-refractivity contribution is -0.0715. The molecule has 1 unspecified atom stereocenters. The summed E-state index contributed by atoms with van der Waals surface area (Å²) in [6.45, 7) is 12.1. The third kappa shape index (κ3) is 4.20. The Kier molecular flexibility index (Phi) is 4.72. The van der Waals surface area contributed by atoms with E-state index in [4.69, 9.17) is 14.0 Å². The fraction of sp³-hybridized carbons (Fsp3) is 0.938. The predicted molar refractivity (Wildman–Crippen MR) is 87.2 cm³/mol. The van der Waals surface area contributed by atoms with Gasteiger partial charge >= 0.3 is 13.2 Å². The van der Waals surface area contributed by atoms with E-state index in [-0.39, 0.29) is 13.0 Å². The Morgan fingerprint density at radius 1 is 1.17 bits per heavy atom. The maximum absolute atomic E-state index is 14.2. The lowest BCUT2D eigenvalue weighted by Gasteiger charge is -2.38. The van der Waals surface area contributed by atoms with Crippen molar-refractivity contribution in [1.82, 2.24) is 4.90 Å². The molecule has 2 rings (SSSR count). The van der Waals surface area contributed by atoms with Crippen LogP contribution in [0.25, 0.3) is 0 Å². The molecular weight excluding hydrogens is 319 g/mol. The van der Waals surface area contributed by atoms with E-state index in [9.17, 15) is 13.6 Å². The number of nitrogens with zero attached hydrogens (tertiary/aromatic N) is 1. The van der Waals surface area contributed by atoms with Gasteiger partial charge in [-0.2, -0.15) is 0 Å². The predicted octanol–water partition coefficient (Wildman–Crippen LogP) is 3.72. The number of hydrogen-bond acceptors (Lipinski definition) is 4. The Hall–Kier alpha value is -0.885. The molecule has 1 amide bonds. The molecule has 0 N–H and O–H groups in total. The quantitative estimate of drug-likeness (QED) is 0.679. The lowest BCUT2D eigenvalue weighted by atomic mass is 9.67. The lowest BCUT2D eigenvalue weighted by Crippen LogP contribution is -2.52. The average molecular weight is 347 g/mol. The van der Waals surface area contributed by atoms with Crippen LogP contribution < -0.4 is 0 Å². The highest BCUT2D eigenvalue weighted by atomic mass is 19.3. The molecule has 0 radical (unpaired) electrons. The Morgan fingerprint density at radius 2 is 1.67 bits per heavy atom. The van der Waals surface area contributed by atoms with Crippen molar-refractivity contribution in [2.75, 3.05) is 13.1 Å². The maximum Gasteiger partial charge on any atom is 0.463 e. The first-order valence-electron chi connectivity index (χ1n) is 8.33. The van der Waals surface area contributed by atoms with E-state index in [0.717, 1.165) is 4.90 Å². The second-order valence-electron chi connectivity index (χ2n) is 8.81. The number of amides is 1. The van der Waals surface area contributed by atoms with E-state index >= 15 is 0 Å². The van der Waals surface area contributed by atoms with Crippen LogP contribution in [-0.2, 0) is 14.0 Å². The first-order valence-corrected chi connectivity index (χ1v) is 8.33. The Balaban J connectivity index is 2.13. The summed E-state index contributed by atoms with van der Waals surface area (Å²) in [6, 6.07) is 0. The largest absolute Gasteiger partial charge is 0.463 e. The van der Waals surface area contributed by atoms with Crippen molar-refractivity contribution in [2.45, 2.75) is 83.4 Å². The van der Waals surface area contributed by atoms with Crippen LogP contribution in [0.2, 0.25) is 5.82 Å². The molecule has 0 bridgehead atoms. The number of carbonyl (C=O) groups is 1. The normalized spacial score (nSPS) is 28.8. The van der Waals surface area contributed by atoms with Gasteiger partial charge in [0.25, 0.3) is 5.92 Å². The summed E-state index contributed by atoms with van der Waals surface area (Å²) in [7, 11) is -0.772. The van der Waals surface area contributed by atoms with Crippen LogP contribution in [0.5, 0.6) is 0 Å². The van der Waals surface area contributed by atoms with Crippen LogP contribution >= 0.6 is 0 Å². The fourth-order valence-electron chi connectivity index (χ4n) is 2.87. The summed E-state index contributed by atoms with van der Waals surface area (Å²) < 4.78 is 45.4. The van der Waals surface area contributed by atoms with Crippen molar-refractivity contribution >= 4 is 13.2 Å². The molecule has 0 aliphatic carbocycles. The number of carbonyl (C=O) groups excluding carboxylic acids is 1. The minimum absolute atomic E-state index is 0.126. The van der Waals surface area contributed by atoms with Crippen LogP contribution in [-0.4, -0.2) is 53.9 Å². The number of hydrogen-bond donors (Lipinski definition) is 0. The molecule has 2 heterocycles. The minimum atomic E-state index is -3.00. The molecule has 0 spiro atoms. The summed E-state index contributed by atoms with van der Waals surface area (Å²) >= 11 is 0. The highest BCUT2D eigenvalue weighted by Crippen LogP contribution is 2.44. The van der Waals surface area contributed by atoms with Crippen LogP contribution in [0.1, 0.15) is 54.9 Å². The molecule has 0 aromatic rings. The van der Waals surface area contributed by atoms with Gasteiger partial charge in [-0.15, -0.1) is 0 Å². The topological polar surface area (TPSA) is 48.0 Å². The van der Waals surface area contributed by atoms with Gasteiger partial charge in [0.2, 0.25) is 0 Å². The molecule has 0 aromatic carbocycles. The first kappa shape index (κ1) is 19.4. The van der Waals surface area contributed by atoms with Gasteiger partial charge in [0, 0.05) is 18.8 Å². The van der Waals surface area contributed by atoms with Crippen molar-refractivity contribution in [3.8, 4) is 0 Å². The second-order valence-corrected chi connectivity index (χ2v) is 8.81. The standard InChI is InChI=1S/C16H28BF2NO4/c1-13(2,3)22-12(21)20-9-11(8-16(18,19)10-20)17-23-14(4,5)15(6,7)24-17/h11H,8-10H2,1-7H3. The molecule has 0 aromatic heterocycles. The summed E-state index contributed by atoms with van der Waals surface area (Å²) in [6.07, 6.45) is -1.10. The van der Waals surface area contributed by atoms with E-state index in [2.05, 4.69) is 0 Å². The molecule has 2 aliphatic rings. The Labute approximate surface area is 143 Å². The summed E-state index contributed by atoms with van der Waals surface area (Å²) in [4.78, 5) is 13.3. The number of rotatable bonds is 1. The zero-order chi connectivity index (χ0) is 18.6. The molecule has 24 heavy (non-hydrogen) atoms. The van der Waals surface area contributed by atoms with Crippen molar-refractivity contribution in [1.29, 1.82) is 0 Å². The average Bonchev–Trinajstić information content (AvgIpc) is 2.54. The van der Waals surface area contributed by atoms with Crippen molar-refractivity contribution in [3.63, 3.8) is 0 Å². The zero-order valence-electron chi connectivity index (χ0n) is 15.6. The third-order valence-electron chi connectivity index (χ3n) is 4.75. The van der Waals surface area contributed by atoms with Gasteiger partial charge in [-0.25, -0.2) is 13.6 Å². The van der Waals surface area contributed by atoms with Gasteiger partial charge < -0.3 is 18.9 Å². The number of likely N-dealkylation sites (tertiary alicyclic amines) is 1. The number of alkyl halides is 2. The maximum atomic E-state index is 14.2. The van der Waals surface area contributed by atoms with Gasteiger partial charge in [-0.1, -0.05) is 0 Å². The fourth-order valence-corrected chi connectivity index (χ4v) is 2.87. The summed E-state index contributed by atoms with van der Waals surface area (Å²) in [5.41, 5.74) is -1.92. The number of ether oxygens (including phenoxy) is 1. The third-order valence-corrected chi connectivity index (χ3v) is 4.75. The number of halogens is 2.